The lowest BCUT2D eigenvalue weighted by Gasteiger charge is -2.40. The van der Waals surface area contributed by atoms with Gasteiger partial charge in [-0.2, -0.15) is 13.2 Å². The molecule has 4 N–H and O–H groups in total. The molecule has 1 spiro atoms. The Morgan fingerprint density at radius 2 is 1.71 bits per heavy atom. The monoisotopic (exact) mass is 590 g/mol. The summed E-state index contributed by atoms with van der Waals surface area (Å²) in [5, 5.41) is 13.5. The number of halogens is 4. The molecule has 2 fully saturated rings. The Kier molecular flexibility index (Phi) is 6.17. The van der Waals surface area contributed by atoms with Crippen molar-refractivity contribution in [3.05, 3.63) is 64.5 Å². The third kappa shape index (κ3) is 4.31. The Hall–Kier alpha value is -4.04. The number of nitrogens with one attached hydrogen (secondary N) is 1. The Bertz CT molecular complexity index is 1540. The van der Waals surface area contributed by atoms with Crippen LogP contribution < -0.4 is 11.1 Å². The molecule has 14 heteroatoms. The normalized spacial score (nSPS) is 26.0. The van der Waals surface area contributed by atoms with Gasteiger partial charge in [-0.15, -0.1) is 0 Å². The minimum Gasteiger partial charge on any atom is -0.427 e. The molecule has 0 radical (unpaired) electrons. The molecular formula is C28H26F4N4O6. The molecular weight excluding hydrogens is 564 g/mol. The number of fused-ring (bicyclic) bond motifs is 3. The second-order valence-corrected chi connectivity index (χ2v) is 11.3. The maximum atomic E-state index is 14.1. The van der Waals surface area contributed by atoms with Crippen LogP contribution in [0.2, 0.25) is 0 Å². The number of hydrogen-bond donors (Lipinski definition) is 3. The predicted molar refractivity (Wildman–Crippen MR) is 136 cm³/mol. The number of aryl methyl sites for hydroxylation is 2. The number of rotatable bonds is 4. The van der Waals surface area contributed by atoms with Crippen molar-refractivity contribution in [2.24, 2.45) is 5.73 Å². The zero-order chi connectivity index (χ0) is 30.2. The molecule has 4 aliphatic rings. The van der Waals surface area contributed by atoms with Gasteiger partial charge in [-0.3, -0.25) is 14.4 Å². The summed E-state index contributed by atoms with van der Waals surface area (Å²) in [5.41, 5.74) is 1.35. The van der Waals surface area contributed by atoms with E-state index in [1.807, 2.05) is 0 Å². The van der Waals surface area contributed by atoms with Crippen LogP contribution in [-0.2, 0) is 44.1 Å². The van der Waals surface area contributed by atoms with Crippen LogP contribution in [0.15, 0.2) is 36.4 Å². The average molecular weight is 591 g/mol. The molecule has 42 heavy (non-hydrogen) atoms. The van der Waals surface area contributed by atoms with Crippen molar-refractivity contribution in [2.75, 3.05) is 11.9 Å². The van der Waals surface area contributed by atoms with Gasteiger partial charge in [0.2, 0.25) is 23.1 Å². The molecule has 2 aromatic carbocycles. The number of aliphatic hydroxyl groups is 1. The summed E-state index contributed by atoms with van der Waals surface area (Å²) in [7, 11) is 0. The fourth-order valence-electron chi connectivity index (χ4n) is 5.88. The topological polar surface area (TPSA) is 142 Å². The van der Waals surface area contributed by atoms with Crippen molar-refractivity contribution in [2.45, 2.75) is 68.1 Å². The largest absolute Gasteiger partial charge is 0.436 e. The Morgan fingerprint density at radius 1 is 1.00 bits per heavy atom. The van der Waals surface area contributed by atoms with E-state index >= 15 is 0 Å². The molecule has 1 saturated carbocycles. The quantitative estimate of drug-likeness (QED) is 0.465. The molecule has 0 aromatic heterocycles. The van der Waals surface area contributed by atoms with E-state index in [2.05, 4.69) is 5.32 Å². The first-order valence-corrected chi connectivity index (χ1v) is 13.3. The van der Waals surface area contributed by atoms with Gasteiger partial charge in [0.1, 0.15) is 12.4 Å². The van der Waals surface area contributed by atoms with Crippen molar-refractivity contribution < 1.29 is 46.6 Å². The number of hydrogen-bond acceptors (Lipinski definition) is 7. The molecule has 2 aliphatic carbocycles. The van der Waals surface area contributed by atoms with E-state index < -0.39 is 66.3 Å². The number of alkyl halides is 3. The van der Waals surface area contributed by atoms with Crippen LogP contribution in [0, 0.1) is 5.82 Å². The van der Waals surface area contributed by atoms with Crippen LogP contribution >= 0.6 is 0 Å². The molecule has 0 bridgehead atoms. The van der Waals surface area contributed by atoms with Crippen molar-refractivity contribution >= 4 is 29.5 Å². The van der Waals surface area contributed by atoms with Gasteiger partial charge in [0.15, 0.2) is 0 Å². The van der Waals surface area contributed by atoms with Crippen molar-refractivity contribution in [1.82, 2.24) is 9.80 Å². The van der Waals surface area contributed by atoms with Crippen LogP contribution in [0.3, 0.4) is 0 Å². The van der Waals surface area contributed by atoms with E-state index in [4.69, 9.17) is 10.5 Å². The molecule has 4 amide bonds. The standard InChI is InChI=1S/C28H26F4N4O6/c29-18-2-1-17-13-36(27(41,28(30,31)32)8-6-15(17)11-18)21(37)14-35-23(39)26(42-24(35)40)7-5-16-12-19(3-4-20(16)26)34-22(38)25(33)9-10-25/h1-4,11-12,41H,5-10,13-14,33H2,(H,34,38)/t26?,27-/m0/s1. The number of nitrogens with zero attached hydrogens (tertiary/aromatic N) is 2. The van der Waals surface area contributed by atoms with Crippen LogP contribution in [0.1, 0.15) is 47.9 Å². The second-order valence-electron chi connectivity index (χ2n) is 11.3. The molecule has 2 aromatic rings. The lowest BCUT2D eigenvalue weighted by molar-refractivity contribution is -0.313. The van der Waals surface area contributed by atoms with E-state index in [0.717, 1.165) is 12.1 Å². The number of nitrogens with two attached hydrogens (primary N) is 1. The highest BCUT2D eigenvalue weighted by Gasteiger charge is 2.62. The van der Waals surface area contributed by atoms with Gasteiger partial charge in [-0.25, -0.2) is 14.1 Å². The number of amides is 4. The number of carbonyl (C=O) groups excluding carboxylic acids is 4. The summed E-state index contributed by atoms with van der Waals surface area (Å²) in [6.07, 6.45) is -6.43. The lowest BCUT2D eigenvalue weighted by Crippen LogP contribution is -2.61. The minimum absolute atomic E-state index is 0.0188. The van der Waals surface area contributed by atoms with Crippen LogP contribution in [-0.4, -0.2) is 62.7 Å². The fraction of sp³-hybridized carbons (Fsp3) is 0.429. The molecule has 6 rings (SSSR count). The van der Waals surface area contributed by atoms with E-state index in [1.54, 1.807) is 6.07 Å². The SMILES string of the molecule is NC1(C(=O)Nc2ccc3c(c2)CCC32OC(=O)N(CC(=O)N3Cc4ccc(F)cc4CC[C@]3(O)C(F)(F)F)C2=O)CC1. The molecule has 2 heterocycles. The summed E-state index contributed by atoms with van der Waals surface area (Å²) in [6, 6.07) is 7.95. The van der Waals surface area contributed by atoms with Crippen LogP contribution in [0.4, 0.5) is 28.0 Å². The zero-order valence-corrected chi connectivity index (χ0v) is 22.1. The van der Waals surface area contributed by atoms with E-state index in [1.165, 1.54) is 18.2 Å². The highest BCUT2D eigenvalue weighted by molar-refractivity contribution is 6.06. The average Bonchev–Trinajstić information content (AvgIpc) is 3.56. The van der Waals surface area contributed by atoms with Crippen LogP contribution in [0.25, 0.3) is 0 Å². The van der Waals surface area contributed by atoms with Gasteiger partial charge in [0, 0.05) is 30.6 Å². The second kappa shape index (κ2) is 9.23. The molecule has 2 atom stereocenters. The molecule has 10 nitrogen and oxygen atoms in total. The van der Waals surface area contributed by atoms with Gasteiger partial charge < -0.3 is 25.8 Å². The third-order valence-corrected chi connectivity index (χ3v) is 8.59. The van der Waals surface area contributed by atoms with Crippen molar-refractivity contribution in [3.8, 4) is 0 Å². The molecule has 1 saturated heterocycles. The summed E-state index contributed by atoms with van der Waals surface area (Å²) >= 11 is 0. The molecule has 1 unspecified atom stereocenters. The number of carbonyl (C=O) groups is 4. The first-order chi connectivity index (χ1) is 19.7. The first-order valence-electron chi connectivity index (χ1n) is 13.3. The Balaban J connectivity index is 1.25. The van der Waals surface area contributed by atoms with Gasteiger partial charge >= 0.3 is 12.3 Å². The Labute approximate surface area is 236 Å². The summed E-state index contributed by atoms with van der Waals surface area (Å²) in [5.74, 6) is -3.30. The smallest absolute Gasteiger partial charge is 0.427 e. The summed E-state index contributed by atoms with van der Waals surface area (Å²) in [4.78, 5) is 52.8. The van der Waals surface area contributed by atoms with Crippen molar-refractivity contribution in [1.29, 1.82) is 0 Å². The summed E-state index contributed by atoms with van der Waals surface area (Å²) < 4.78 is 61.7. The number of anilines is 1. The van der Waals surface area contributed by atoms with E-state index in [-0.39, 0.29) is 41.2 Å². The highest BCUT2D eigenvalue weighted by atomic mass is 19.4. The number of imide groups is 1. The van der Waals surface area contributed by atoms with Gasteiger partial charge in [0.25, 0.3) is 5.91 Å². The van der Waals surface area contributed by atoms with Gasteiger partial charge in [0.05, 0.1) is 5.54 Å². The minimum atomic E-state index is -5.29. The predicted octanol–water partition coefficient (Wildman–Crippen LogP) is 2.60. The maximum Gasteiger partial charge on any atom is 0.436 e. The first kappa shape index (κ1) is 28.1. The summed E-state index contributed by atoms with van der Waals surface area (Å²) in [6.45, 7) is -1.84. The Morgan fingerprint density at radius 3 is 2.40 bits per heavy atom. The maximum absolute atomic E-state index is 14.1. The third-order valence-electron chi connectivity index (χ3n) is 8.59. The van der Waals surface area contributed by atoms with Gasteiger partial charge in [-0.05, 0) is 66.6 Å². The lowest BCUT2D eigenvalue weighted by atomic mass is 9.94. The molecule has 2 aliphatic heterocycles. The van der Waals surface area contributed by atoms with Gasteiger partial charge in [-0.1, -0.05) is 12.1 Å². The number of ether oxygens (including phenoxy) is 1. The van der Waals surface area contributed by atoms with E-state index in [0.29, 0.717) is 34.6 Å². The highest BCUT2D eigenvalue weighted by Crippen LogP contribution is 2.47. The van der Waals surface area contributed by atoms with Crippen molar-refractivity contribution in [3.63, 3.8) is 0 Å². The number of benzene rings is 2. The molecule has 222 valence electrons. The zero-order valence-electron chi connectivity index (χ0n) is 22.1. The fourth-order valence-corrected chi connectivity index (χ4v) is 5.88. The van der Waals surface area contributed by atoms with E-state index in [9.17, 15) is 41.8 Å². The van der Waals surface area contributed by atoms with Crippen LogP contribution in [0.5, 0.6) is 0 Å².